The first-order chi connectivity index (χ1) is 36.8. The maximum Gasteiger partial charge on any atom is 0.200 e. The van der Waals surface area contributed by atoms with Crippen LogP contribution < -0.4 is 25.4 Å². The van der Waals surface area contributed by atoms with Gasteiger partial charge in [0.25, 0.3) is 0 Å². The Bertz CT molecular complexity index is 3230. The van der Waals surface area contributed by atoms with Crippen LogP contribution in [-0.4, -0.2) is 87.0 Å². The molecule has 11 atom stereocenters. The number of rotatable bonds is 11. The van der Waals surface area contributed by atoms with E-state index in [-0.39, 0.29) is 65.1 Å². The number of phenols is 4. The van der Waals surface area contributed by atoms with Gasteiger partial charge in [-0.15, -0.1) is 0 Å². The van der Waals surface area contributed by atoms with Gasteiger partial charge in [0, 0.05) is 77.2 Å². The number of ketones is 1. The van der Waals surface area contributed by atoms with Crippen LogP contribution in [0.25, 0.3) is 16.8 Å². The first-order valence-corrected chi connectivity index (χ1v) is 27.4. The number of H-pyrrole nitrogens is 1. The summed E-state index contributed by atoms with van der Waals surface area (Å²) in [5.41, 5.74) is 4.99. The molecule has 396 valence electrons. The largest absolute Gasteiger partial charge is 0.508 e. The molecule has 0 saturated heterocycles. The fourth-order valence-corrected chi connectivity index (χ4v) is 14.9. The molecule has 1 saturated carbocycles. The molecule has 0 amide bonds. The van der Waals surface area contributed by atoms with E-state index in [0.717, 1.165) is 69.2 Å². The number of aromatic hydroxyl groups is 4. The number of carbonyl (C=O) groups is 1. The number of fused-ring (bicyclic) bond motifs is 2. The lowest BCUT2D eigenvalue weighted by atomic mass is 9.57. The highest BCUT2D eigenvalue weighted by Crippen LogP contribution is 2.60. The van der Waals surface area contributed by atoms with Gasteiger partial charge in [-0.1, -0.05) is 61.6 Å². The highest BCUT2D eigenvalue weighted by atomic mass is 16.5. The summed E-state index contributed by atoms with van der Waals surface area (Å²) >= 11 is 0. The summed E-state index contributed by atoms with van der Waals surface area (Å²) in [7, 11) is 1.91. The summed E-state index contributed by atoms with van der Waals surface area (Å²) in [5, 5.41) is 84.1. The van der Waals surface area contributed by atoms with Crippen molar-refractivity contribution in [1.82, 2.24) is 15.6 Å². The molecular formula is C63H70N4O9. The maximum atomic E-state index is 16.8. The Kier molecular flexibility index (Phi) is 13.1. The number of allylic oxidation sites excluding steroid dienone is 5. The molecule has 1 fully saturated rings. The minimum atomic E-state index is -1.23. The number of benzene rings is 4. The highest BCUT2D eigenvalue weighted by molar-refractivity contribution is 6.01. The number of phenolic OH excluding ortho intramolecular Hbond substituents is 4. The van der Waals surface area contributed by atoms with Gasteiger partial charge >= 0.3 is 0 Å². The summed E-state index contributed by atoms with van der Waals surface area (Å²) in [4.78, 5) is 20.2. The molecule has 2 bridgehead atoms. The van der Waals surface area contributed by atoms with Crippen molar-refractivity contribution in [3.05, 3.63) is 154 Å². The average Bonchev–Trinajstić information content (AvgIpc) is 4.22. The zero-order chi connectivity index (χ0) is 52.5. The van der Waals surface area contributed by atoms with Crippen LogP contribution in [0.3, 0.4) is 0 Å². The molecule has 4 heterocycles. The fraction of sp³-hybridized carbons (Fsp3) is 0.413. The number of likely N-dealkylation sites (N-methyl/N-ethyl adjacent to an activating group) is 1. The number of hydrogen-bond acceptors (Lipinski definition) is 12. The monoisotopic (exact) mass is 1030 g/mol. The minimum Gasteiger partial charge on any atom is -0.508 e. The zero-order valence-corrected chi connectivity index (χ0v) is 43.3. The number of aromatic amines is 1. The van der Waals surface area contributed by atoms with Crippen LogP contribution in [0.5, 0.6) is 34.5 Å². The van der Waals surface area contributed by atoms with Gasteiger partial charge in [0.1, 0.15) is 17.4 Å². The lowest BCUT2D eigenvalue weighted by Crippen LogP contribution is -2.50. The van der Waals surface area contributed by atoms with Crippen molar-refractivity contribution in [2.45, 2.75) is 100 Å². The van der Waals surface area contributed by atoms with Crippen molar-refractivity contribution in [3.8, 4) is 34.5 Å². The molecule has 4 aliphatic carbocycles. The molecule has 7 aliphatic rings. The van der Waals surface area contributed by atoms with Crippen LogP contribution in [0, 0.1) is 29.1 Å². The van der Waals surface area contributed by atoms with E-state index in [1.807, 2.05) is 37.5 Å². The molecule has 4 aromatic carbocycles. The summed E-state index contributed by atoms with van der Waals surface area (Å²) in [6.45, 7) is 3.84. The Hall–Kier alpha value is -6.93. The number of nitrogens with one attached hydrogen (secondary N) is 4. The van der Waals surface area contributed by atoms with Crippen LogP contribution in [0.2, 0.25) is 0 Å². The Morgan fingerprint density at radius 2 is 1.88 bits per heavy atom. The van der Waals surface area contributed by atoms with Crippen LogP contribution in [0.15, 0.2) is 121 Å². The third-order valence-electron chi connectivity index (χ3n) is 18.2. The predicted octanol–water partition coefficient (Wildman–Crippen LogP) is 9.97. The molecule has 12 rings (SSSR count). The van der Waals surface area contributed by atoms with E-state index in [9.17, 15) is 30.6 Å². The standard InChI is InChI=1S/C63H70N4O9/c1-35-5-3-6-36(23-35)33-76-54-29-41(27-53(73)60(54)74)42-28-52(72)59(51(71)26-38-9-8-37-17-22-75-61-50(70)13-11-46(38)57(37)61)63(19-15-49(69)47(63)31-44-7-4-20-65-44)43-16-21-66-55(30-43)67-48-12-10-39-24-45(68)25-40-14-18-62(32-42,34-64-2)58(48)56(39)40/h3-4,6-14,16,18,20,24-25,27,29-30,35-38,42,47,49,51,59,64-71,73-74H,5,15,17,19,21-23,26,28,31-34H2,1-2H3/t35-,36-,37+,38+,42-,47+,49+,51+,59+,62-,63+/m0/s1. The number of ether oxygens (including phenoxy) is 2. The molecule has 10 N–H and O–H groups in total. The Morgan fingerprint density at radius 3 is 2.71 bits per heavy atom. The Labute approximate surface area is 443 Å². The maximum absolute atomic E-state index is 16.8. The lowest BCUT2D eigenvalue weighted by molar-refractivity contribution is -0.134. The number of anilines is 1. The molecule has 5 aromatic rings. The quantitative estimate of drug-likeness (QED) is 0.0443. The number of aromatic nitrogens is 1. The van der Waals surface area contributed by atoms with E-state index >= 15 is 4.79 Å². The number of aliphatic hydroxyl groups is 2. The van der Waals surface area contributed by atoms with Crippen LogP contribution in [0.4, 0.5) is 5.69 Å². The summed E-state index contributed by atoms with van der Waals surface area (Å²) in [6.07, 6.45) is 21.2. The predicted molar refractivity (Wildman–Crippen MR) is 294 cm³/mol. The highest BCUT2D eigenvalue weighted by Gasteiger charge is 2.59. The molecule has 1 aromatic heterocycles. The van der Waals surface area contributed by atoms with Crippen molar-refractivity contribution >= 4 is 28.3 Å². The topological polar surface area (TPSA) is 209 Å². The van der Waals surface area contributed by atoms with E-state index < -0.39 is 40.8 Å². The van der Waals surface area contributed by atoms with Gasteiger partial charge in [-0.05, 0) is 163 Å². The van der Waals surface area contributed by atoms with Gasteiger partial charge in [-0.25, -0.2) is 0 Å². The molecule has 3 aliphatic heterocycles. The van der Waals surface area contributed by atoms with E-state index in [4.69, 9.17) is 9.47 Å². The molecule has 76 heavy (non-hydrogen) atoms. The third kappa shape index (κ3) is 8.74. The molecule has 0 radical (unpaired) electrons. The van der Waals surface area contributed by atoms with Gasteiger partial charge in [-0.3, -0.25) is 4.79 Å². The Morgan fingerprint density at radius 1 is 1.00 bits per heavy atom. The molecular weight excluding hydrogens is 957 g/mol. The van der Waals surface area contributed by atoms with Crippen molar-refractivity contribution < 1.29 is 44.9 Å². The zero-order valence-electron chi connectivity index (χ0n) is 43.3. The van der Waals surface area contributed by atoms with Gasteiger partial charge in [0.15, 0.2) is 23.0 Å². The number of carbonyl (C=O) groups excluding carboxylic acids is 1. The van der Waals surface area contributed by atoms with E-state index in [1.165, 1.54) is 0 Å². The second kappa shape index (κ2) is 19.9. The smallest absolute Gasteiger partial charge is 0.200 e. The van der Waals surface area contributed by atoms with Crippen molar-refractivity contribution in [2.24, 2.45) is 29.1 Å². The molecule has 13 nitrogen and oxygen atoms in total. The SMILES string of the molecule is CNC[C@@]12C=Cc3cc(O)cc4ccc(c1c34)NC1=CC(=CCN1)[C@@]1(CC[C@@H](O)[C@H]1Cc1ccc[nH]1)[C@H]([C@H](O)C[C@H]1C=C[C@@H]3CCOc4c(O)ccc1c43)C(=O)C[C@H](c1cc(O)c(O)c(OC[C@H]3C=CC[C@H](C)C3)c1)C2. The van der Waals surface area contributed by atoms with E-state index in [0.29, 0.717) is 75.0 Å². The third-order valence-corrected chi connectivity index (χ3v) is 18.2. The number of aliphatic hydroxyl groups excluding tert-OH is 2. The molecule has 0 unspecified atom stereocenters. The van der Waals surface area contributed by atoms with Crippen molar-refractivity contribution in [3.63, 3.8) is 0 Å². The second-order valence-corrected chi connectivity index (χ2v) is 23.0. The summed E-state index contributed by atoms with van der Waals surface area (Å²) in [6, 6.07) is 18.5. The fourth-order valence-electron chi connectivity index (χ4n) is 14.9. The first kappa shape index (κ1) is 49.9. The molecule has 1 spiro atoms. The van der Waals surface area contributed by atoms with Crippen LogP contribution in [-0.2, 0) is 16.6 Å². The summed E-state index contributed by atoms with van der Waals surface area (Å²) in [5.74, 6) is -1.26. The average molecular weight is 1030 g/mol. The van der Waals surface area contributed by atoms with E-state index in [1.54, 1.807) is 30.3 Å². The van der Waals surface area contributed by atoms with Gasteiger partial charge < -0.3 is 61.0 Å². The first-order valence-electron chi connectivity index (χ1n) is 27.4. The number of Topliss-reactive ketones (excluding diaryl/α,β-unsaturated/α-hetero) is 1. The Balaban J connectivity index is 1.05. The second-order valence-electron chi connectivity index (χ2n) is 23.0. The van der Waals surface area contributed by atoms with Gasteiger partial charge in [0.05, 0.1) is 31.3 Å². The summed E-state index contributed by atoms with van der Waals surface area (Å²) < 4.78 is 12.5. The van der Waals surface area contributed by atoms with Gasteiger partial charge in [-0.2, -0.15) is 0 Å². The van der Waals surface area contributed by atoms with Crippen molar-refractivity contribution in [1.29, 1.82) is 0 Å². The van der Waals surface area contributed by atoms with Crippen molar-refractivity contribution in [2.75, 3.05) is 38.7 Å². The molecule has 13 heteroatoms. The van der Waals surface area contributed by atoms with Crippen LogP contribution in [0.1, 0.15) is 110 Å². The normalized spacial score (nSPS) is 29.7. The minimum absolute atomic E-state index is 0.0458. The number of dihydropyridines is 1. The van der Waals surface area contributed by atoms with Gasteiger partial charge in [0.2, 0.25) is 5.75 Å². The van der Waals surface area contributed by atoms with Crippen LogP contribution >= 0.6 is 0 Å². The van der Waals surface area contributed by atoms with E-state index in [2.05, 4.69) is 82.5 Å². The lowest BCUT2D eigenvalue weighted by Gasteiger charge is -2.47. The number of hydrogen-bond donors (Lipinski definition) is 10.